The molecule has 0 bridgehead atoms. The summed E-state index contributed by atoms with van der Waals surface area (Å²) in [7, 11) is 1.51. The van der Waals surface area contributed by atoms with Crippen LogP contribution in [0.5, 0.6) is 5.95 Å². The monoisotopic (exact) mass is 342 g/mol. The van der Waals surface area contributed by atoms with Crippen molar-refractivity contribution in [3.05, 3.63) is 68.1 Å². The van der Waals surface area contributed by atoms with E-state index in [0.29, 0.717) is 16.9 Å². The summed E-state index contributed by atoms with van der Waals surface area (Å²) < 4.78 is 11.0. The third-order valence-corrected chi connectivity index (χ3v) is 3.95. The van der Waals surface area contributed by atoms with Gasteiger partial charge in [0, 0.05) is 5.56 Å². The van der Waals surface area contributed by atoms with Crippen LogP contribution in [-0.2, 0) is 0 Å². The fourth-order valence-corrected chi connectivity index (χ4v) is 2.88. The molecule has 25 heavy (non-hydrogen) atoms. The van der Waals surface area contributed by atoms with Crippen molar-refractivity contribution in [1.82, 2.24) is 0 Å². The Morgan fingerprint density at radius 2 is 1.52 bits per heavy atom. The molecule has 0 unspecified atom stereocenters. The van der Waals surface area contributed by atoms with Gasteiger partial charge >= 0.3 is 0 Å². The Bertz CT molecular complexity index is 799. The molecule has 0 fully saturated rings. The highest BCUT2D eigenvalue weighted by Gasteiger charge is 2.15. The topological polar surface area (TPSA) is 39.4 Å². The summed E-state index contributed by atoms with van der Waals surface area (Å²) in [5.74, 6) is 0.847. The van der Waals surface area contributed by atoms with Crippen LogP contribution in [0, 0.1) is 13.8 Å². The highest BCUT2D eigenvalue weighted by atomic mass is 16.6. The molecule has 1 rings (SSSR count). The normalized spacial score (nSPS) is 14.1. The fourth-order valence-electron chi connectivity index (χ4n) is 2.88. The largest absolute Gasteiger partial charge is 0.468 e. The Kier molecular flexibility index (Phi) is 7.69. The van der Waals surface area contributed by atoms with Crippen LogP contribution < -0.4 is 10.2 Å². The van der Waals surface area contributed by atoms with Crippen molar-refractivity contribution in [1.29, 1.82) is 0 Å². The van der Waals surface area contributed by atoms with Gasteiger partial charge in [0.05, 0.1) is 12.7 Å². The predicted octanol–water partition coefficient (Wildman–Crippen LogP) is 5.92. The summed E-state index contributed by atoms with van der Waals surface area (Å²) in [6.07, 6.45) is 9.54. The fraction of sp³-hybridized carbons (Fsp3) is 0.409. The molecule has 1 aromatic rings. The van der Waals surface area contributed by atoms with E-state index in [0.717, 1.165) is 17.6 Å². The van der Waals surface area contributed by atoms with Gasteiger partial charge in [-0.15, -0.1) is 0 Å². The molecule has 3 nitrogen and oxygen atoms in total. The van der Waals surface area contributed by atoms with Crippen molar-refractivity contribution in [2.75, 3.05) is 7.11 Å². The van der Waals surface area contributed by atoms with Crippen molar-refractivity contribution < 1.29 is 9.15 Å². The predicted molar refractivity (Wildman–Crippen MR) is 106 cm³/mol. The maximum absolute atomic E-state index is 12.3. The maximum atomic E-state index is 12.3. The first-order valence-electron chi connectivity index (χ1n) is 8.61. The summed E-state index contributed by atoms with van der Waals surface area (Å²) in [4.78, 5) is 12.3. The van der Waals surface area contributed by atoms with Crippen LogP contribution in [0.25, 0.3) is 5.57 Å². The molecule has 0 aliphatic rings. The lowest BCUT2D eigenvalue weighted by Crippen LogP contribution is -2.12. The first-order chi connectivity index (χ1) is 11.7. The lowest BCUT2D eigenvalue weighted by Gasteiger charge is -2.10. The van der Waals surface area contributed by atoms with Gasteiger partial charge in [0.2, 0.25) is 0 Å². The summed E-state index contributed by atoms with van der Waals surface area (Å²) in [5, 5.41) is 0. The van der Waals surface area contributed by atoms with Crippen LogP contribution in [0.1, 0.15) is 57.9 Å². The summed E-state index contributed by atoms with van der Waals surface area (Å²) in [6, 6.07) is 0. The molecule has 0 radical (unpaired) electrons. The molecule has 1 heterocycles. The van der Waals surface area contributed by atoms with Gasteiger partial charge in [-0.05, 0) is 53.5 Å². The molecule has 0 aliphatic carbocycles. The molecule has 136 valence electrons. The zero-order chi connectivity index (χ0) is 19.1. The Morgan fingerprint density at radius 1 is 0.960 bits per heavy atom. The van der Waals surface area contributed by atoms with E-state index in [9.17, 15) is 4.79 Å². The number of rotatable bonds is 6. The minimum atomic E-state index is -0.0381. The van der Waals surface area contributed by atoms with Crippen LogP contribution in [0.15, 0.2) is 50.2 Å². The molecule has 0 aromatic carbocycles. The molecular weight excluding hydrogens is 312 g/mol. The van der Waals surface area contributed by atoms with E-state index in [1.54, 1.807) is 13.8 Å². The molecule has 0 aliphatic heterocycles. The second-order valence-corrected chi connectivity index (χ2v) is 6.46. The Labute approximate surface area is 151 Å². The second kappa shape index (κ2) is 9.26. The van der Waals surface area contributed by atoms with Crippen LogP contribution in [-0.4, -0.2) is 7.11 Å². The van der Waals surface area contributed by atoms with E-state index in [4.69, 9.17) is 9.15 Å². The van der Waals surface area contributed by atoms with Crippen LogP contribution in [0.3, 0.4) is 0 Å². The molecule has 0 N–H and O–H groups in total. The standard InChI is InChI=1S/C22H30O3/c1-9-10-14(2)11-15(3)12-16(4)13-17(5)21-18(6)20(23)19(7)22(24-8)25-21/h10-13H,9H2,1-8H3/b14-10-,15-11-,16-12-,17-13-. The van der Waals surface area contributed by atoms with Crippen molar-refractivity contribution in [2.45, 2.75) is 54.9 Å². The van der Waals surface area contributed by atoms with Crippen molar-refractivity contribution in [2.24, 2.45) is 0 Å². The van der Waals surface area contributed by atoms with Crippen LogP contribution >= 0.6 is 0 Å². The van der Waals surface area contributed by atoms with Crippen molar-refractivity contribution in [3.63, 3.8) is 0 Å². The summed E-state index contributed by atoms with van der Waals surface area (Å²) in [5.41, 5.74) is 5.50. The van der Waals surface area contributed by atoms with Crippen LogP contribution in [0.2, 0.25) is 0 Å². The van der Waals surface area contributed by atoms with E-state index in [2.05, 4.69) is 39.0 Å². The number of allylic oxidation sites excluding steroid dienone is 8. The third-order valence-electron chi connectivity index (χ3n) is 3.95. The number of hydrogen-bond donors (Lipinski definition) is 0. The average Bonchev–Trinajstić information content (AvgIpc) is 2.52. The van der Waals surface area contributed by atoms with E-state index in [1.807, 2.05) is 19.9 Å². The van der Waals surface area contributed by atoms with Gasteiger partial charge in [-0.1, -0.05) is 47.9 Å². The van der Waals surface area contributed by atoms with Crippen molar-refractivity contribution in [3.8, 4) is 5.95 Å². The molecule has 0 spiro atoms. The van der Waals surface area contributed by atoms with Gasteiger partial charge in [0.25, 0.3) is 5.95 Å². The first kappa shape index (κ1) is 20.8. The zero-order valence-electron chi connectivity index (χ0n) is 16.7. The molecular formula is C22H30O3. The van der Waals surface area contributed by atoms with E-state index in [1.165, 1.54) is 18.3 Å². The quantitative estimate of drug-likeness (QED) is 0.603. The number of methoxy groups -OCH3 is 1. The Hall–Kier alpha value is -2.29. The number of ether oxygens (including phenoxy) is 1. The third kappa shape index (κ3) is 5.63. The number of hydrogen-bond acceptors (Lipinski definition) is 3. The van der Waals surface area contributed by atoms with Gasteiger partial charge in [-0.3, -0.25) is 4.79 Å². The van der Waals surface area contributed by atoms with Gasteiger partial charge in [-0.25, -0.2) is 0 Å². The molecule has 0 saturated carbocycles. The average molecular weight is 342 g/mol. The molecule has 0 saturated heterocycles. The molecule has 3 heteroatoms. The first-order valence-corrected chi connectivity index (χ1v) is 8.61. The van der Waals surface area contributed by atoms with Gasteiger partial charge in [0.15, 0.2) is 5.43 Å². The lowest BCUT2D eigenvalue weighted by atomic mass is 10.0. The van der Waals surface area contributed by atoms with Crippen LogP contribution in [0.4, 0.5) is 0 Å². The zero-order valence-corrected chi connectivity index (χ0v) is 16.7. The Balaban J connectivity index is 3.25. The second-order valence-electron chi connectivity index (χ2n) is 6.46. The minimum absolute atomic E-state index is 0.0381. The van der Waals surface area contributed by atoms with E-state index in [-0.39, 0.29) is 11.4 Å². The Morgan fingerprint density at radius 3 is 2.08 bits per heavy atom. The molecule has 0 amide bonds. The smallest absolute Gasteiger partial charge is 0.291 e. The summed E-state index contributed by atoms with van der Waals surface area (Å²) in [6.45, 7) is 13.8. The highest BCUT2D eigenvalue weighted by molar-refractivity contribution is 5.65. The van der Waals surface area contributed by atoms with Crippen molar-refractivity contribution >= 4 is 5.57 Å². The highest BCUT2D eigenvalue weighted by Crippen LogP contribution is 2.25. The van der Waals surface area contributed by atoms with E-state index >= 15 is 0 Å². The summed E-state index contributed by atoms with van der Waals surface area (Å²) >= 11 is 0. The maximum Gasteiger partial charge on any atom is 0.291 e. The van der Waals surface area contributed by atoms with Gasteiger partial charge in [0.1, 0.15) is 5.76 Å². The van der Waals surface area contributed by atoms with Gasteiger partial charge < -0.3 is 9.15 Å². The lowest BCUT2D eigenvalue weighted by molar-refractivity contribution is 0.288. The molecule has 0 atom stereocenters. The van der Waals surface area contributed by atoms with Gasteiger partial charge in [-0.2, -0.15) is 0 Å². The minimum Gasteiger partial charge on any atom is -0.468 e. The SMILES string of the molecule is CC\C=C(C)/C=C(C)\C=C(C)/C=C(/C)c1oc(OC)c(C)c(=O)c1C. The molecule has 1 aromatic heterocycles. The van der Waals surface area contributed by atoms with E-state index < -0.39 is 0 Å².